The maximum Gasteiger partial charge on any atom is 0.278 e. The van der Waals surface area contributed by atoms with Crippen LogP contribution in [0.15, 0.2) is 41.2 Å². The van der Waals surface area contributed by atoms with Crippen LogP contribution in [-0.4, -0.2) is 30.3 Å². The number of carbonyl (C=O) groups is 1. The minimum atomic E-state index is -0.347. The summed E-state index contributed by atoms with van der Waals surface area (Å²) < 4.78 is 5.11. The summed E-state index contributed by atoms with van der Waals surface area (Å²) in [4.78, 5) is 24.5. The van der Waals surface area contributed by atoms with Crippen LogP contribution in [0.3, 0.4) is 0 Å². The van der Waals surface area contributed by atoms with Gasteiger partial charge in [0.1, 0.15) is 11.4 Å². The summed E-state index contributed by atoms with van der Waals surface area (Å²) in [6.45, 7) is 0. The highest BCUT2D eigenvalue weighted by atomic mass is 16.5. The Morgan fingerprint density at radius 3 is 2.74 bits per heavy atom. The number of benzene rings is 1. The number of hydrogen-bond acceptors (Lipinski definition) is 4. The maximum absolute atomic E-state index is 12.2. The molecule has 0 fully saturated rings. The molecule has 0 radical (unpaired) electrons. The van der Waals surface area contributed by atoms with Crippen LogP contribution in [-0.2, 0) is 0 Å². The fraction of sp³-hybridized carbons (Fsp3) is 0.154. The van der Waals surface area contributed by atoms with Crippen molar-refractivity contribution in [2.75, 3.05) is 19.1 Å². The molecular formula is C13H13N3O3. The Morgan fingerprint density at radius 1 is 1.32 bits per heavy atom. The molecule has 1 N–H and O–H groups in total. The number of nitrogens with one attached hydrogen (secondary N) is 1. The fourth-order valence-electron chi connectivity index (χ4n) is 1.57. The van der Waals surface area contributed by atoms with Crippen molar-refractivity contribution in [3.05, 3.63) is 52.4 Å². The average Bonchev–Trinajstić information content (AvgIpc) is 2.46. The van der Waals surface area contributed by atoms with Gasteiger partial charge in [0.05, 0.1) is 7.11 Å². The van der Waals surface area contributed by atoms with Gasteiger partial charge in [-0.05, 0) is 18.2 Å². The van der Waals surface area contributed by atoms with Gasteiger partial charge in [-0.25, -0.2) is 5.10 Å². The Labute approximate surface area is 109 Å². The Balaban J connectivity index is 2.27. The number of carbonyl (C=O) groups excluding carboxylic acids is 1. The molecule has 0 bridgehead atoms. The van der Waals surface area contributed by atoms with Crippen molar-refractivity contribution in [2.45, 2.75) is 0 Å². The van der Waals surface area contributed by atoms with Crippen LogP contribution in [0.4, 0.5) is 5.69 Å². The lowest BCUT2D eigenvalue weighted by molar-refractivity contribution is 0.0987. The number of anilines is 1. The Bertz CT molecular complexity index is 631. The Kier molecular flexibility index (Phi) is 3.61. The zero-order chi connectivity index (χ0) is 13.8. The molecule has 0 aliphatic heterocycles. The van der Waals surface area contributed by atoms with E-state index in [1.165, 1.54) is 17.0 Å². The van der Waals surface area contributed by atoms with Crippen molar-refractivity contribution < 1.29 is 9.53 Å². The summed E-state index contributed by atoms with van der Waals surface area (Å²) in [6.07, 6.45) is 0. The van der Waals surface area contributed by atoms with E-state index < -0.39 is 0 Å². The van der Waals surface area contributed by atoms with E-state index in [0.717, 1.165) is 0 Å². The standard InChI is InChI=1S/C13H13N3O3/c1-16(9-4-3-5-10(8-9)19-2)13(18)11-6-7-12(17)15-14-11/h3-8H,1-2H3,(H,15,17). The first-order valence-corrected chi connectivity index (χ1v) is 5.59. The van der Waals surface area contributed by atoms with Crippen LogP contribution in [0.25, 0.3) is 0 Å². The van der Waals surface area contributed by atoms with E-state index in [0.29, 0.717) is 11.4 Å². The first kappa shape index (κ1) is 12.8. The molecule has 6 nitrogen and oxygen atoms in total. The number of aromatic nitrogens is 2. The highest BCUT2D eigenvalue weighted by Crippen LogP contribution is 2.20. The molecular weight excluding hydrogens is 246 g/mol. The van der Waals surface area contributed by atoms with Gasteiger partial charge >= 0.3 is 0 Å². The van der Waals surface area contributed by atoms with Crippen molar-refractivity contribution in [3.8, 4) is 5.75 Å². The number of rotatable bonds is 3. The van der Waals surface area contributed by atoms with Crippen molar-refractivity contribution in [1.82, 2.24) is 10.2 Å². The van der Waals surface area contributed by atoms with Crippen LogP contribution >= 0.6 is 0 Å². The summed E-state index contributed by atoms with van der Waals surface area (Å²) in [6, 6.07) is 9.76. The molecule has 1 aromatic heterocycles. The number of nitrogens with zero attached hydrogens (tertiary/aromatic N) is 2. The molecule has 98 valence electrons. The first-order valence-electron chi connectivity index (χ1n) is 5.59. The third kappa shape index (κ3) is 2.79. The van der Waals surface area contributed by atoms with E-state index in [9.17, 15) is 9.59 Å². The Morgan fingerprint density at radius 2 is 2.11 bits per heavy atom. The molecule has 2 rings (SSSR count). The van der Waals surface area contributed by atoms with Gasteiger partial charge in [0, 0.05) is 24.9 Å². The minimum Gasteiger partial charge on any atom is -0.497 e. The molecule has 1 heterocycles. The smallest absolute Gasteiger partial charge is 0.278 e. The maximum atomic E-state index is 12.2. The fourth-order valence-corrected chi connectivity index (χ4v) is 1.57. The quantitative estimate of drug-likeness (QED) is 0.894. The third-order valence-electron chi connectivity index (χ3n) is 2.64. The molecule has 2 aromatic rings. The summed E-state index contributed by atoms with van der Waals surface area (Å²) in [5.41, 5.74) is 0.503. The lowest BCUT2D eigenvalue weighted by Crippen LogP contribution is -2.28. The molecule has 0 atom stereocenters. The van der Waals surface area contributed by atoms with E-state index in [1.54, 1.807) is 38.4 Å². The molecule has 6 heteroatoms. The van der Waals surface area contributed by atoms with Crippen LogP contribution in [0, 0.1) is 0 Å². The van der Waals surface area contributed by atoms with E-state index in [4.69, 9.17) is 4.74 Å². The summed E-state index contributed by atoms with van der Waals surface area (Å²) >= 11 is 0. The van der Waals surface area contributed by atoms with E-state index in [-0.39, 0.29) is 17.2 Å². The van der Waals surface area contributed by atoms with Crippen LogP contribution in [0.5, 0.6) is 5.75 Å². The van der Waals surface area contributed by atoms with Crippen molar-refractivity contribution in [2.24, 2.45) is 0 Å². The summed E-state index contributed by atoms with van der Waals surface area (Å²) in [5, 5.41) is 5.94. The van der Waals surface area contributed by atoms with E-state index in [2.05, 4.69) is 10.2 Å². The van der Waals surface area contributed by atoms with Crippen molar-refractivity contribution in [1.29, 1.82) is 0 Å². The lowest BCUT2D eigenvalue weighted by atomic mass is 10.2. The predicted molar refractivity (Wildman–Crippen MR) is 70.6 cm³/mol. The van der Waals surface area contributed by atoms with Gasteiger partial charge in [-0.1, -0.05) is 6.07 Å². The second-order valence-corrected chi connectivity index (χ2v) is 3.87. The average molecular weight is 259 g/mol. The zero-order valence-electron chi connectivity index (χ0n) is 10.6. The van der Waals surface area contributed by atoms with E-state index >= 15 is 0 Å². The highest BCUT2D eigenvalue weighted by Gasteiger charge is 2.15. The van der Waals surface area contributed by atoms with Gasteiger partial charge in [0.25, 0.3) is 11.5 Å². The summed E-state index contributed by atoms with van der Waals surface area (Å²) in [7, 11) is 3.19. The van der Waals surface area contributed by atoms with Gasteiger partial charge in [0.2, 0.25) is 0 Å². The lowest BCUT2D eigenvalue weighted by Gasteiger charge is -2.17. The highest BCUT2D eigenvalue weighted by molar-refractivity contribution is 6.04. The molecule has 0 spiro atoms. The molecule has 0 unspecified atom stereocenters. The number of H-pyrrole nitrogens is 1. The minimum absolute atomic E-state index is 0.171. The van der Waals surface area contributed by atoms with Gasteiger partial charge in [-0.2, -0.15) is 5.10 Å². The number of amides is 1. The monoisotopic (exact) mass is 259 g/mol. The van der Waals surface area contributed by atoms with Crippen LogP contribution in [0.1, 0.15) is 10.5 Å². The van der Waals surface area contributed by atoms with Gasteiger partial charge in [-0.3, -0.25) is 9.59 Å². The normalized spacial score (nSPS) is 10.0. The first-order chi connectivity index (χ1) is 9.11. The van der Waals surface area contributed by atoms with Crippen LogP contribution < -0.4 is 15.2 Å². The van der Waals surface area contributed by atoms with Crippen molar-refractivity contribution >= 4 is 11.6 Å². The Hall–Kier alpha value is -2.63. The second-order valence-electron chi connectivity index (χ2n) is 3.87. The molecule has 0 saturated carbocycles. The zero-order valence-corrected chi connectivity index (χ0v) is 10.6. The number of ether oxygens (including phenoxy) is 1. The molecule has 0 saturated heterocycles. The van der Waals surface area contributed by atoms with Crippen LogP contribution in [0.2, 0.25) is 0 Å². The molecule has 19 heavy (non-hydrogen) atoms. The largest absolute Gasteiger partial charge is 0.497 e. The van der Waals surface area contributed by atoms with Crippen molar-refractivity contribution in [3.63, 3.8) is 0 Å². The molecule has 0 aliphatic rings. The summed E-state index contributed by atoms with van der Waals surface area (Å²) in [5.74, 6) is 0.344. The molecule has 0 aliphatic carbocycles. The number of aromatic amines is 1. The third-order valence-corrected chi connectivity index (χ3v) is 2.64. The molecule has 1 aromatic carbocycles. The van der Waals surface area contributed by atoms with Gasteiger partial charge in [-0.15, -0.1) is 0 Å². The number of methoxy groups -OCH3 is 1. The van der Waals surface area contributed by atoms with E-state index in [1.807, 2.05) is 0 Å². The van der Waals surface area contributed by atoms with Gasteiger partial charge in [0.15, 0.2) is 0 Å². The number of hydrogen-bond donors (Lipinski definition) is 1. The van der Waals surface area contributed by atoms with Gasteiger partial charge < -0.3 is 9.64 Å². The topological polar surface area (TPSA) is 75.3 Å². The predicted octanol–water partition coefficient (Wildman–Crippen LogP) is 1.06. The second kappa shape index (κ2) is 5.34. The molecule has 1 amide bonds. The SMILES string of the molecule is COc1cccc(N(C)C(=O)c2ccc(=O)[nH]n2)c1.